The van der Waals surface area contributed by atoms with Crippen molar-refractivity contribution >= 4 is 62.9 Å². The van der Waals surface area contributed by atoms with E-state index in [1.54, 1.807) is 21.9 Å². The molecule has 248 valence electrons. The van der Waals surface area contributed by atoms with Crippen molar-refractivity contribution in [2.45, 2.75) is 74.3 Å². The average Bonchev–Trinajstić information content (AvgIpc) is 3.49. The SMILES string of the molecule is FC12CCCCC1(F)N1c3cc(N(c4ccccc4)c4ccccc4)cc4c3B(c3cccc2c31)c1cccc2c1N4C1(F)CCCCC21F. The number of nitrogens with zero attached hydrogens (tertiary/aromatic N) is 3. The van der Waals surface area contributed by atoms with E-state index in [9.17, 15) is 0 Å². The van der Waals surface area contributed by atoms with Crippen LogP contribution in [0.25, 0.3) is 0 Å². The third-order valence-electron chi connectivity index (χ3n) is 12.7. The first-order valence-electron chi connectivity index (χ1n) is 18.0. The second-order valence-electron chi connectivity index (χ2n) is 15.0. The molecule has 2 fully saturated rings. The number of hydrogen-bond donors (Lipinski definition) is 0. The Hall–Kier alpha value is -4.72. The number of benzene rings is 5. The molecule has 4 aliphatic heterocycles. The summed E-state index contributed by atoms with van der Waals surface area (Å²) in [6.45, 7) is -0.451. The topological polar surface area (TPSA) is 9.72 Å². The van der Waals surface area contributed by atoms with Gasteiger partial charge in [0.25, 0.3) is 6.71 Å². The molecule has 0 spiro atoms. The maximum atomic E-state index is 18.1. The lowest BCUT2D eigenvalue weighted by atomic mass is 9.33. The second kappa shape index (κ2) is 9.53. The van der Waals surface area contributed by atoms with Gasteiger partial charge in [0, 0.05) is 58.1 Å². The highest BCUT2D eigenvalue weighted by molar-refractivity contribution is 7.00. The van der Waals surface area contributed by atoms with Crippen molar-refractivity contribution in [3.8, 4) is 0 Å². The molecule has 4 unspecified atom stereocenters. The van der Waals surface area contributed by atoms with Crippen molar-refractivity contribution in [3.05, 3.63) is 120 Å². The smallest absolute Gasteiger partial charge is 0.252 e. The zero-order valence-electron chi connectivity index (χ0n) is 27.5. The molecule has 8 heteroatoms. The van der Waals surface area contributed by atoms with Gasteiger partial charge < -0.3 is 14.7 Å². The van der Waals surface area contributed by atoms with Crippen LogP contribution in [0.3, 0.4) is 0 Å². The van der Waals surface area contributed by atoms with Gasteiger partial charge in [0.05, 0.1) is 5.69 Å². The van der Waals surface area contributed by atoms with Crippen LogP contribution in [0.15, 0.2) is 109 Å². The van der Waals surface area contributed by atoms with Crippen molar-refractivity contribution in [2.24, 2.45) is 0 Å². The number of halogens is 4. The number of alkyl halides is 4. The number of para-hydroxylation sites is 4. The van der Waals surface area contributed by atoms with Crippen LogP contribution in [0.4, 0.5) is 57.4 Å². The standard InChI is InChI=1S/C42H34BF4N3/c44-39-21-7-9-23-41(39,46)49-34-25-29(48(27-13-3-1-4-14-27)28-15-5-2-6-16-28)26-35-36(34)43(32-19-11-17-30(39)37(32)49)33-20-12-18-31-38(33)50(35)42(47)24-10-8-22-40(31,42)45/h1-6,11-20,25-26H,7-10,21-24H2. The highest BCUT2D eigenvalue weighted by Crippen LogP contribution is 2.66. The summed E-state index contributed by atoms with van der Waals surface area (Å²) < 4.78 is 71.5. The van der Waals surface area contributed by atoms with Gasteiger partial charge in [-0.1, -0.05) is 72.8 Å². The van der Waals surface area contributed by atoms with Gasteiger partial charge in [0.2, 0.25) is 11.6 Å². The van der Waals surface area contributed by atoms with E-state index < -0.39 is 29.6 Å². The fourth-order valence-corrected chi connectivity index (χ4v) is 10.7. The Balaban J connectivity index is 1.28. The summed E-state index contributed by atoms with van der Waals surface area (Å²) in [6.07, 6.45) is 2.57. The molecule has 3 nitrogen and oxygen atoms in total. The largest absolute Gasteiger partial charge is 0.310 e. The first-order chi connectivity index (χ1) is 24.3. The summed E-state index contributed by atoms with van der Waals surface area (Å²) in [6, 6.07) is 34.8. The molecule has 11 rings (SSSR count). The van der Waals surface area contributed by atoms with Gasteiger partial charge in [-0.3, -0.25) is 0 Å². The van der Waals surface area contributed by atoms with Crippen molar-refractivity contribution in [1.29, 1.82) is 0 Å². The van der Waals surface area contributed by atoms with E-state index in [2.05, 4.69) is 4.90 Å². The monoisotopic (exact) mass is 667 g/mol. The van der Waals surface area contributed by atoms with E-state index in [4.69, 9.17) is 0 Å². The van der Waals surface area contributed by atoms with Gasteiger partial charge in [0.1, 0.15) is 0 Å². The first kappa shape index (κ1) is 29.1. The van der Waals surface area contributed by atoms with Crippen molar-refractivity contribution in [3.63, 3.8) is 0 Å². The lowest BCUT2D eigenvalue weighted by Gasteiger charge is -2.50. The summed E-state index contributed by atoms with van der Waals surface area (Å²) in [5.41, 5.74) is 3.22. The van der Waals surface area contributed by atoms with Crippen LogP contribution >= 0.6 is 0 Å². The predicted octanol–water partition coefficient (Wildman–Crippen LogP) is 9.41. The molecule has 0 amide bonds. The summed E-state index contributed by atoms with van der Waals surface area (Å²) in [5.74, 6) is -4.67. The summed E-state index contributed by atoms with van der Waals surface area (Å²) in [5, 5.41) is 0. The van der Waals surface area contributed by atoms with Crippen LogP contribution in [-0.4, -0.2) is 18.3 Å². The first-order valence-corrected chi connectivity index (χ1v) is 18.0. The normalized spacial score (nSPS) is 29.2. The molecule has 0 bridgehead atoms. The van der Waals surface area contributed by atoms with Crippen LogP contribution in [0.5, 0.6) is 0 Å². The molecule has 0 aromatic heterocycles. The zero-order valence-corrected chi connectivity index (χ0v) is 27.5. The Kier molecular flexibility index (Phi) is 5.54. The molecule has 2 aliphatic carbocycles. The van der Waals surface area contributed by atoms with Crippen LogP contribution in [0.1, 0.15) is 62.5 Å². The van der Waals surface area contributed by atoms with E-state index in [1.165, 1.54) is 0 Å². The highest BCUT2D eigenvalue weighted by Gasteiger charge is 2.71. The van der Waals surface area contributed by atoms with Crippen LogP contribution in [0, 0.1) is 0 Å². The molecule has 0 N–H and O–H groups in total. The third kappa shape index (κ3) is 3.21. The molecule has 6 aliphatic rings. The molecular weight excluding hydrogens is 633 g/mol. The van der Waals surface area contributed by atoms with Gasteiger partial charge in [-0.05, 0) is 91.3 Å². The van der Waals surface area contributed by atoms with Crippen LogP contribution in [0.2, 0.25) is 0 Å². The lowest BCUT2D eigenvalue weighted by molar-refractivity contribution is -0.0619. The van der Waals surface area contributed by atoms with E-state index in [-0.39, 0.29) is 25.7 Å². The highest BCUT2D eigenvalue weighted by atomic mass is 19.2. The fourth-order valence-electron chi connectivity index (χ4n) is 10.7. The lowest BCUT2D eigenvalue weighted by Crippen LogP contribution is -2.66. The van der Waals surface area contributed by atoms with Gasteiger partial charge in [0.15, 0.2) is 11.3 Å². The molecule has 5 aromatic carbocycles. The maximum absolute atomic E-state index is 18.1. The van der Waals surface area contributed by atoms with Gasteiger partial charge in [-0.25, -0.2) is 17.6 Å². The number of rotatable bonds is 3. The Morgan fingerprint density at radius 2 is 0.940 bits per heavy atom. The molecule has 0 radical (unpaired) electrons. The minimum Gasteiger partial charge on any atom is -0.310 e. The Labute approximate surface area is 289 Å². The van der Waals surface area contributed by atoms with Crippen molar-refractivity contribution in [1.82, 2.24) is 0 Å². The quantitative estimate of drug-likeness (QED) is 0.108. The Bertz CT molecular complexity index is 2100. The molecule has 2 saturated carbocycles. The van der Waals surface area contributed by atoms with E-state index in [0.717, 1.165) is 22.3 Å². The molecule has 4 atom stereocenters. The average molecular weight is 668 g/mol. The number of anilines is 7. The van der Waals surface area contributed by atoms with Crippen molar-refractivity contribution < 1.29 is 17.6 Å². The number of fused-ring (bicyclic) bond motifs is 10. The van der Waals surface area contributed by atoms with Crippen LogP contribution < -0.4 is 31.1 Å². The molecule has 0 saturated heterocycles. The second-order valence-corrected chi connectivity index (χ2v) is 15.0. The minimum absolute atomic E-state index is 0.0352. The van der Waals surface area contributed by atoms with Crippen LogP contribution in [-0.2, 0) is 11.3 Å². The van der Waals surface area contributed by atoms with E-state index >= 15 is 17.6 Å². The van der Waals surface area contributed by atoms with Gasteiger partial charge in [-0.2, -0.15) is 0 Å². The molecule has 50 heavy (non-hydrogen) atoms. The van der Waals surface area contributed by atoms with Gasteiger partial charge in [-0.15, -0.1) is 0 Å². The molecule has 5 aromatic rings. The summed E-state index contributed by atoms with van der Waals surface area (Å²) in [7, 11) is 0. The predicted molar refractivity (Wildman–Crippen MR) is 193 cm³/mol. The van der Waals surface area contributed by atoms with E-state index in [0.29, 0.717) is 70.7 Å². The van der Waals surface area contributed by atoms with E-state index in [1.807, 2.05) is 97.1 Å². The summed E-state index contributed by atoms with van der Waals surface area (Å²) in [4.78, 5) is 5.33. The Morgan fingerprint density at radius 3 is 1.40 bits per heavy atom. The minimum atomic E-state index is -2.33. The molecular formula is C42H34BF4N3. The Morgan fingerprint density at radius 1 is 0.500 bits per heavy atom. The van der Waals surface area contributed by atoms with Gasteiger partial charge >= 0.3 is 0 Å². The maximum Gasteiger partial charge on any atom is 0.252 e. The summed E-state index contributed by atoms with van der Waals surface area (Å²) >= 11 is 0. The zero-order chi connectivity index (χ0) is 33.6. The van der Waals surface area contributed by atoms with Crippen molar-refractivity contribution in [2.75, 3.05) is 14.7 Å². The molecule has 4 heterocycles. The third-order valence-corrected chi connectivity index (χ3v) is 12.7. The number of hydrogen-bond acceptors (Lipinski definition) is 3. The fraction of sp³-hybridized carbons (Fsp3) is 0.286.